The number of carboxylic acid groups (broad SMARTS) is 1. The summed E-state index contributed by atoms with van der Waals surface area (Å²) in [7, 11) is 0. The third kappa shape index (κ3) is 2.90. The van der Waals surface area contributed by atoms with Gasteiger partial charge in [0.05, 0.1) is 5.56 Å². The molecule has 0 saturated heterocycles. The van der Waals surface area contributed by atoms with Crippen LogP contribution in [0.15, 0.2) is 34.1 Å². The Morgan fingerprint density at radius 1 is 1.43 bits per heavy atom. The Bertz CT molecular complexity index is 791. The van der Waals surface area contributed by atoms with E-state index in [0.29, 0.717) is 12.1 Å². The largest absolute Gasteiger partial charge is 0.478 e. The molecule has 2 heterocycles. The maximum Gasteiger partial charge on any atom is 0.336 e. The predicted molar refractivity (Wildman–Crippen MR) is 82.0 cm³/mol. The second kappa shape index (κ2) is 5.57. The van der Waals surface area contributed by atoms with Crippen LogP contribution in [-0.4, -0.2) is 16.1 Å². The number of thiophene rings is 1. The molecular weight excluding hydrogens is 288 g/mol. The van der Waals surface area contributed by atoms with Gasteiger partial charge in [0.2, 0.25) is 0 Å². The van der Waals surface area contributed by atoms with Crippen molar-refractivity contribution in [3.8, 4) is 0 Å². The maximum atomic E-state index is 10.8. The highest BCUT2D eigenvalue weighted by atomic mass is 32.1. The van der Waals surface area contributed by atoms with Gasteiger partial charge in [0, 0.05) is 28.9 Å². The molecular formula is C15H14N2O3S. The summed E-state index contributed by atoms with van der Waals surface area (Å²) >= 11 is 1.43. The summed E-state index contributed by atoms with van der Waals surface area (Å²) in [6.45, 7) is 2.59. The fourth-order valence-corrected chi connectivity index (χ4v) is 2.81. The first-order valence-electron chi connectivity index (χ1n) is 6.59. The smallest absolute Gasteiger partial charge is 0.336 e. The maximum absolute atomic E-state index is 10.8. The Labute approximate surface area is 125 Å². The number of hydrogen-bond donors (Lipinski definition) is 2. The molecule has 0 fully saturated rings. The fraction of sp³-hybridized carbons (Fsp3) is 0.200. The molecule has 108 valence electrons. The minimum absolute atomic E-state index is 0.330. The second-order valence-electron chi connectivity index (χ2n) is 4.60. The molecule has 0 aliphatic rings. The molecule has 0 saturated carbocycles. The SMILES string of the molecule is CCc1nc2cc(NCc3cc(C(=O)O)cs3)ccc2o1. The number of rotatable bonds is 5. The molecule has 0 aliphatic heterocycles. The summed E-state index contributed by atoms with van der Waals surface area (Å²) in [5.41, 5.74) is 2.87. The third-order valence-electron chi connectivity index (χ3n) is 3.10. The molecule has 6 heteroatoms. The first-order chi connectivity index (χ1) is 10.2. The number of benzene rings is 1. The summed E-state index contributed by atoms with van der Waals surface area (Å²) < 4.78 is 5.56. The zero-order chi connectivity index (χ0) is 14.8. The Morgan fingerprint density at radius 3 is 3.00 bits per heavy atom. The Kier molecular flexibility index (Phi) is 3.62. The minimum Gasteiger partial charge on any atom is -0.478 e. The van der Waals surface area contributed by atoms with E-state index in [0.717, 1.165) is 34.0 Å². The van der Waals surface area contributed by atoms with Gasteiger partial charge in [-0.2, -0.15) is 0 Å². The monoisotopic (exact) mass is 302 g/mol. The number of aryl methyl sites for hydroxylation is 1. The molecule has 3 aromatic rings. The Balaban J connectivity index is 1.73. The molecule has 3 rings (SSSR count). The lowest BCUT2D eigenvalue weighted by molar-refractivity contribution is 0.0697. The number of carboxylic acids is 1. The number of oxazole rings is 1. The molecule has 2 N–H and O–H groups in total. The fourth-order valence-electron chi connectivity index (χ4n) is 2.01. The lowest BCUT2D eigenvalue weighted by Gasteiger charge is -2.03. The van der Waals surface area contributed by atoms with Gasteiger partial charge >= 0.3 is 5.97 Å². The van der Waals surface area contributed by atoms with Crippen LogP contribution in [0.3, 0.4) is 0 Å². The van der Waals surface area contributed by atoms with E-state index in [4.69, 9.17) is 9.52 Å². The van der Waals surface area contributed by atoms with Crippen LogP contribution < -0.4 is 5.32 Å². The summed E-state index contributed by atoms with van der Waals surface area (Å²) in [5, 5.41) is 13.8. The molecule has 0 amide bonds. The van der Waals surface area contributed by atoms with E-state index in [1.165, 1.54) is 11.3 Å². The van der Waals surface area contributed by atoms with E-state index in [2.05, 4.69) is 10.3 Å². The summed E-state index contributed by atoms with van der Waals surface area (Å²) in [6.07, 6.45) is 0.768. The Hall–Kier alpha value is -2.34. The third-order valence-corrected chi connectivity index (χ3v) is 4.04. The predicted octanol–water partition coefficient (Wildman–Crippen LogP) is 3.76. The van der Waals surface area contributed by atoms with Gasteiger partial charge in [-0.1, -0.05) is 6.92 Å². The number of anilines is 1. The lowest BCUT2D eigenvalue weighted by atomic mass is 10.2. The van der Waals surface area contributed by atoms with Crippen molar-refractivity contribution in [2.24, 2.45) is 0 Å². The minimum atomic E-state index is -0.895. The standard InChI is InChI=1S/C15H14N2O3S/c1-2-14-17-12-6-10(3-4-13(12)20-14)16-7-11-5-9(8-21-11)15(18)19/h3-6,8,16H,2,7H2,1H3,(H,18,19). The number of aromatic carboxylic acids is 1. The molecule has 0 aliphatic carbocycles. The van der Waals surface area contributed by atoms with Crippen LogP contribution in [0, 0.1) is 0 Å². The number of hydrogen-bond acceptors (Lipinski definition) is 5. The highest BCUT2D eigenvalue weighted by molar-refractivity contribution is 7.10. The molecule has 21 heavy (non-hydrogen) atoms. The van der Waals surface area contributed by atoms with E-state index in [1.807, 2.05) is 25.1 Å². The number of aromatic nitrogens is 1. The van der Waals surface area contributed by atoms with Gasteiger partial charge in [-0.15, -0.1) is 11.3 Å². The average molecular weight is 302 g/mol. The first-order valence-corrected chi connectivity index (χ1v) is 7.47. The zero-order valence-electron chi connectivity index (χ0n) is 11.4. The molecule has 0 spiro atoms. The van der Waals surface area contributed by atoms with Crippen molar-refractivity contribution in [1.82, 2.24) is 4.98 Å². The van der Waals surface area contributed by atoms with E-state index in [-0.39, 0.29) is 0 Å². The normalized spacial score (nSPS) is 10.9. The number of fused-ring (bicyclic) bond motifs is 1. The van der Waals surface area contributed by atoms with Crippen LogP contribution in [-0.2, 0) is 13.0 Å². The van der Waals surface area contributed by atoms with Crippen LogP contribution in [0.5, 0.6) is 0 Å². The van der Waals surface area contributed by atoms with Crippen molar-refractivity contribution < 1.29 is 14.3 Å². The second-order valence-corrected chi connectivity index (χ2v) is 5.60. The van der Waals surface area contributed by atoms with Crippen molar-refractivity contribution in [3.05, 3.63) is 46.0 Å². The van der Waals surface area contributed by atoms with Gasteiger partial charge in [0.25, 0.3) is 0 Å². The topological polar surface area (TPSA) is 75.4 Å². The van der Waals surface area contributed by atoms with E-state index in [9.17, 15) is 4.79 Å². The molecule has 0 unspecified atom stereocenters. The summed E-state index contributed by atoms with van der Waals surface area (Å²) in [6, 6.07) is 7.44. The Morgan fingerprint density at radius 2 is 2.29 bits per heavy atom. The van der Waals surface area contributed by atoms with Gasteiger partial charge in [-0.25, -0.2) is 9.78 Å². The van der Waals surface area contributed by atoms with Gasteiger partial charge in [0.1, 0.15) is 5.52 Å². The first kappa shape index (κ1) is 13.6. The van der Waals surface area contributed by atoms with Crippen molar-refractivity contribution in [1.29, 1.82) is 0 Å². The van der Waals surface area contributed by atoms with Crippen LogP contribution in [0.25, 0.3) is 11.1 Å². The quantitative estimate of drug-likeness (QED) is 0.750. The molecule has 1 aromatic carbocycles. The molecule has 0 radical (unpaired) electrons. The van der Waals surface area contributed by atoms with E-state index in [1.54, 1.807) is 11.4 Å². The van der Waals surface area contributed by atoms with Gasteiger partial charge in [0.15, 0.2) is 11.5 Å². The van der Waals surface area contributed by atoms with Crippen LogP contribution in [0.4, 0.5) is 5.69 Å². The molecule has 5 nitrogen and oxygen atoms in total. The average Bonchev–Trinajstić information content (AvgIpc) is 3.10. The van der Waals surface area contributed by atoms with E-state index >= 15 is 0 Å². The zero-order valence-corrected chi connectivity index (χ0v) is 12.2. The lowest BCUT2D eigenvalue weighted by Crippen LogP contribution is -1.98. The molecule has 0 bridgehead atoms. The van der Waals surface area contributed by atoms with Crippen LogP contribution >= 0.6 is 11.3 Å². The van der Waals surface area contributed by atoms with Gasteiger partial charge in [-0.3, -0.25) is 0 Å². The van der Waals surface area contributed by atoms with Crippen molar-refractivity contribution in [2.45, 2.75) is 19.9 Å². The highest BCUT2D eigenvalue weighted by Gasteiger charge is 2.07. The van der Waals surface area contributed by atoms with Gasteiger partial charge < -0.3 is 14.8 Å². The molecule has 0 atom stereocenters. The van der Waals surface area contributed by atoms with E-state index < -0.39 is 5.97 Å². The van der Waals surface area contributed by atoms with Crippen molar-refractivity contribution in [3.63, 3.8) is 0 Å². The summed E-state index contributed by atoms with van der Waals surface area (Å²) in [5.74, 6) is -0.167. The van der Waals surface area contributed by atoms with Crippen LogP contribution in [0.2, 0.25) is 0 Å². The van der Waals surface area contributed by atoms with Gasteiger partial charge in [-0.05, 0) is 24.3 Å². The number of nitrogens with zero attached hydrogens (tertiary/aromatic N) is 1. The van der Waals surface area contributed by atoms with Crippen molar-refractivity contribution in [2.75, 3.05) is 5.32 Å². The number of nitrogens with one attached hydrogen (secondary N) is 1. The number of carbonyl (C=O) groups is 1. The molecule has 2 aromatic heterocycles. The summed E-state index contributed by atoms with van der Waals surface area (Å²) in [4.78, 5) is 16.2. The highest BCUT2D eigenvalue weighted by Crippen LogP contribution is 2.22. The van der Waals surface area contributed by atoms with Crippen molar-refractivity contribution >= 4 is 34.1 Å². The van der Waals surface area contributed by atoms with Crippen LogP contribution in [0.1, 0.15) is 28.0 Å².